The van der Waals surface area contributed by atoms with E-state index >= 15 is 0 Å². The fraction of sp³-hybridized carbons (Fsp3) is 0.963. The van der Waals surface area contributed by atoms with E-state index < -0.39 is 6.17 Å². The highest BCUT2D eigenvalue weighted by molar-refractivity contribution is 5.80. The van der Waals surface area contributed by atoms with Gasteiger partial charge in [0.05, 0.1) is 66.1 Å². The molecule has 0 saturated carbocycles. The van der Waals surface area contributed by atoms with E-state index in [-0.39, 0.29) is 24.7 Å². The van der Waals surface area contributed by atoms with Gasteiger partial charge in [-0.3, -0.25) is 14.6 Å². The zero-order valence-electron chi connectivity index (χ0n) is 23.9. The molecule has 1 saturated heterocycles. The molecule has 0 amide bonds. The molecular weight excluding hydrogens is 481 g/mol. The molecular formula is C27H54FN3O6. The molecule has 0 aromatic rings. The zero-order valence-corrected chi connectivity index (χ0v) is 23.9. The van der Waals surface area contributed by atoms with Crippen LogP contribution in [0.4, 0.5) is 4.39 Å². The van der Waals surface area contributed by atoms with Crippen molar-refractivity contribution in [3.05, 3.63) is 0 Å². The van der Waals surface area contributed by atoms with Crippen molar-refractivity contribution < 1.29 is 32.9 Å². The number of carbonyl (C=O) groups excluding carboxylic acids is 1. The second-order valence-corrected chi connectivity index (χ2v) is 10.1. The van der Waals surface area contributed by atoms with Crippen molar-refractivity contribution in [3.63, 3.8) is 0 Å². The van der Waals surface area contributed by atoms with Gasteiger partial charge >= 0.3 is 0 Å². The third kappa shape index (κ3) is 20.9. The van der Waals surface area contributed by atoms with Crippen LogP contribution in [0.15, 0.2) is 0 Å². The third-order valence-electron chi connectivity index (χ3n) is 6.13. The van der Waals surface area contributed by atoms with E-state index in [0.717, 1.165) is 45.8 Å². The number of alkyl halides is 1. The number of Topliss-reactive ketones (excluding diaryl/α,β-unsaturated/α-hetero) is 1. The highest BCUT2D eigenvalue weighted by atomic mass is 19.1. The Hall–Kier alpha value is -0.720. The summed E-state index contributed by atoms with van der Waals surface area (Å²) in [6, 6.07) is 0.485. The largest absolute Gasteiger partial charge is 0.378 e. The Morgan fingerprint density at radius 2 is 1.19 bits per heavy atom. The molecule has 0 aromatic carbocycles. The molecule has 0 aromatic heterocycles. The first-order valence-electron chi connectivity index (χ1n) is 14.1. The van der Waals surface area contributed by atoms with Crippen molar-refractivity contribution in [3.8, 4) is 0 Å². The number of nitrogens with zero attached hydrogens (tertiary/aromatic N) is 2. The van der Waals surface area contributed by atoms with Crippen LogP contribution in [0.3, 0.4) is 0 Å². The van der Waals surface area contributed by atoms with Crippen LogP contribution < -0.4 is 5.32 Å². The molecule has 9 nitrogen and oxygen atoms in total. The lowest BCUT2D eigenvalue weighted by molar-refractivity contribution is -0.122. The molecule has 0 radical (unpaired) electrons. The number of ether oxygens (including phenoxy) is 5. The number of rotatable bonds is 25. The molecule has 1 rings (SSSR count). The molecule has 1 fully saturated rings. The highest BCUT2D eigenvalue weighted by Crippen LogP contribution is 2.08. The average Bonchev–Trinajstić information content (AvgIpc) is 2.88. The maximum absolute atomic E-state index is 13.9. The quantitative estimate of drug-likeness (QED) is 0.177. The second-order valence-electron chi connectivity index (χ2n) is 10.1. The summed E-state index contributed by atoms with van der Waals surface area (Å²) in [7, 11) is 0. The van der Waals surface area contributed by atoms with Crippen LogP contribution in [0, 0.1) is 5.92 Å². The molecule has 1 N–H and O–H groups in total. The lowest BCUT2D eigenvalue weighted by atomic mass is 10.0. The fourth-order valence-electron chi connectivity index (χ4n) is 3.69. The predicted octanol–water partition coefficient (Wildman–Crippen LogP) is 2.03. The predicted molar refractivity (Wildman–Crippen MR) is 144 cm³/mol. The van der Waals surface area contributed by atoms with Crippen molar-refractivity contribution in [1.29, 1.82) is 0 Å². The summed E-state index contributed by atoms with van der Waals surface area (Å²) in [5, 5.41) is 3.30. The first-order chi connectivity index (χ1) is 17.9. The van der Waals surface area contributed by atoms with Crippen LogP contribution in [-0.4, -0.2) is 140 Å². The van der Waals surface area contributed by atoms with Crippen molar-refractivity contribution in [2.45, 2.75) is 52.8 Å². The van der Waals surface area contributed by atoms with E-state index in [4.69, 9.17) is 23.7 Å². The van der Waals surface area contributed by atoms with Crippen LogP contribution in [0.1, 0.15) is 40.5 Å². The maximum Gasteiger partial charge on any atom is 0.135 e. The minimum atomic E-state index is -1.06. The van der Waals surface area contributed by atoms with Crippen LogP contribution >= 0.6 is 0 Å². The van der Waals surface area contributed by atoms with Gasteiger partial charge in [-0.05, 0) is 6.42 Å². The lowest BCUT2D eigenvalue weighted by Gasteiger charge is -2.34. The molecule has 10 heteroatoms. The first kappa shape index (κ1) is 34.3. The van der Waals surface area contributed by atoms with E-state index in [9.17, 15) is 9.18 Å². The highest BCUT2D eigenvalue weighted by Gasteiger charge is 2.17. The van der Waals surface area contributed by atoms with E-state index in [1.165, 1.54) is 0 Å². The van der Waals surface area contributed by atoms with Gasteiger partial charge < -0.3 is 29.0 Å². The number of carbonyl (C=O) groups is 1. The van der Waals surface area contributed by atoms with Crippen molar-refractivity contribution >= 4 is 5.78 Å². The molecule has 0 bridgehead atoms. The monoisotopic (exact) mass is 535 g/mol. The maximum atomic E-state index is 13.9. The standard InChI is InChI=1S/C27H54FN3O6/c1-24(2)27(32)6-5-26(28)23-37-16-13-31-10-8-30(9-11-31)12-15-34-18-20-36-22-21-35-19-17-33-14-7-29-25(3)4/h24-26,29H,5-23H2,1-4H3. The zero-order chi connectivity index (χ0) is 27.1. The molecule has 0 aliphatic carbocycles. The van der Waals surface area contributed by atoms with Gasteiger partial charge in [0.2, 0.25) is 0 Å². The Kier molecular flexibility index (Phi) is 21.5. The molecule has 37 heavy (non-hydrogen) atoms. The minimum absolute atomic E-state index is 0.0262. The molecule has 1 heterocycles. The summed E-state index contributed by atoms with van der Waals surface area (Å²) in [5.74, 6) is 0.0879. The Balaban J connectivity index is 1.83. The van der Waals surface area contributed by atoms with Crippen LogP contribution in [0.2, 0.25) is 0 Å². The van der Waals surface area contributed by atoms with Gasteiger partial charge in [0.1, 0.15) is 12.0 Å². The molecule has 1 unspecified atom stereocenters. The number of nitrogens with one attached hydrogen (secondary N) is 1. The van der Waals surface area contributed by atoms with Crippen LogP contribution in [0.5, 0.6) is 0 Å². The Morgan fingerprint density at radius 3 is 1.68 bits per heavy atom. The second kappa shape index (κ2) is 23.2. The summed E-state index contributed by atoms with van der Waals surface area (Å²) in [5.41, 5.74) is 0. The lowest BCUT2D eigenvalue weighted by Crippen LogP contribution is -2.48. The van der Waals surface area contributed by atoms with Gasteiger partial charge in [-0.1, -0.05) is 27.7 Å². The van der Waals surface area contributed by atoms with E-state index in [0.29, 0.717) is 71.9 Å². The van der Waals surface area contributed by atoms with Crippen LogP contribution in [0.25, 0.3) is 0 Å². The Bertz CT molecular complexity index is 536. The van der Waals surface area contributed by atoms with Crippen molar-refractivity contribution in [2.24, 2.45) is 5.92 Å². The summed E-state index contributed by atoms with van der Waals surface area (Å²) >= 11 is 0. The van der Waals surface area contributed by atoms with Gasteiger partial charge in [0.15, 0.2) is 0 Å². The normalized spacial score (nSPS) is 16.2. The molecule has 1 aliphatic heterocycles. The topological polar surface area (TPSA) is 81.7 Å². The summed E-state index contributed by atoms with van der Waals surface area (Å²) in [6.07, 6.45) is -0.514. The van der Waals surface area contributed by atoms with Gasteiger partial charge in [-0.15, -0.1) is 0 Å². The molecule has 220 valence electrons. The molecule has 0 spiro atoms. The van der Waals surface area contributed by atoms with Crippen molar-refractivity contribution in [1.82, 2.24) is 15.1 Å². The average molecular weight is 536 g/mol. The molecule has 1 atom stereocenters. The van der Waals surface area contributed by atoms with Gasteiger partial charge in [-0.25, -0.2) is 4.39 Å². The van der Waals surface area contributed by atoms with Gasteiger partial charge in [0.25, 0.3) is 0 Å². The number of piperazine rings is 1. The SMILES string of the molecule is CC(C)NCCOCCOCCOCCOCCN1CCN(CCOCC(F)CCC(=O)C(C)C)CC1. The van der Waals surface area contributed by atoms with Crippen LogP contribution in [-0.2, 0) is 28.5 Å². The van der Waals surface area contributed by atoms with Gasteiger partial charge in [-0.2, -0.15) is 0 Å². The molecule has 1 aliphatic rings. The smallest absolute Gasteiger partial charge is 0.135 e. The summed E-state index contributed by atoms with van der Waals surface area (Å²) in [6.45, 7) is 19.9. The minimum Gasteiger partial charge on any atom is -0.378 e. The van der Waals surface area contributed by atoms with E-state index in [2.05, 4.69) is 29.0 Å². The third-order valence-corrected chi connectivity index (χ3v) is 6.13. The number of halogens is 1. The number of hydrogen-bond donors (Lipinski definition) is 1. The summed E-state index contributed by atoms with van der Waals surface area (Å²) < 4.78 is 41.5. The fourth-order valence-corrected chi connectivity index (χ4v) is 3.69. The van der Waals surface area contributed by atoms with Crippen molar-refractivity contribution in [2.75, 3.05) is 112 Å². The van der Waals surface area contributed by atoms with Gasteiger partial charge in [0, 0.05) is 64.2 Å². The Morgan fingerprint density at radius 1 is 0.730 bits per heavy atom. The Labute approximate surface area is 224 Å². The van der Waals surface area contributed by atoms with E-state index in [1.54, 1.807) is 0 Å². The number of hydrogen-bond acceptors (Lipinski definition) is 9. The summed E-state index contributed by atoms with van der Waals surface area (Å²) in [4.78, 5) is 16.3. The number of ketones is 1. The first-order valence-corrected chi connectivity index (χ1v) is 14.1. The van der Waals surface area contributed by atoms with E-state index in [1.807, 2.05) is 13.8 Å².